The van der Waals surface area contributed by atoms with Gasteiger partial charge in [0.15, 0.2) is 0 Å². The summed E-state index contributed by atoms with van der Waals surface area (Å²) < 4.78 is 57.9. The van der Waals surface area contributed by atoms with Gasteiger partial charge >= 0.3 is 12.1 Å². The summed E-state index contributed by atoms with van der Waals surface area (Å²) in [6.45, 7) is 1.07. The Morgan fingerprint density at radius 1 is 1.06 bits per heavy atom. The van der Waals surface area contributed by atoms with Gasteiger partial charge in [-0.1, -0.05) is 36.8 Å². The lowest BCUT2D eigenvalue weighted by atomic mass is 9.69. The summed E-state index contributed by atoms with van der Waals surface area (Å²) in [6, 6.07) is 9.32. The summed E-state index contributed by atoms with van der Waals surface area (Å²) in [7, 11) is 0. The Balaban J connectivity index is 1.54. The molecule has 2 N–H and O–H groups in total. The molecule has 34 heavy (non-hydrogen) atoms. The van der Waals surface area contributed by atoms with Gasteiger partial charge in [-0.15, -0.1) is 0 Å². The number of benzene rings is 2. The third-order valence-corrected chi connectivity index (χ3v) is 6.49. The molecular weight excluding hydrogens is 454 g/mol. The van der Waals surface area contributed by atoms with E-state index in [2.05, 4.69) is 5.32 Å². The predicted molar refractivity (Wildman–Crippen MR) is 116 cm³/mol. The van der Waals surface area contributed by atoms with Crippen LogP contribution in [0.25, 0.3) is 5.57 Å². The van der Waals surface area contributed by atoms with Crippen LogP contribution in [-0.4, -0.2) is 30.2 Å². The van der Waals surface area contributed by atoms with Crippen LogP contribution < -0.4 is 5.32 Å². The maximum absolute atomic E-state index is 14.2. The van der Waals surface area contributed by atoms with E-state index in [-0.39, 0.29) is 6.42 Å². The molecule has 4 rings (SSSR count). The van der Waals surface area contributed by atoms with Crippen molar-refractivity contribution in [1.82, 2.24) is 0 Å². The molecule has 0 aromatic heterocycles. The van der Waals surface area contributed by atoms with E-state index in [9.17, 15) is 32.3 Å². The molecule has 5 nitrogen and oxygen atoms in total. The molecule has 2 aliphatic rings. The van der Waals surface area contributed by atoms with Crippen molar-refractivity contribution in [2.75, 3.05) is 18.5 Å². The first-order chi connectivity index (χ1) is 16.1. The number of hydrogen-bond acceptors (Lipinski definition) is 3. The van der Waals surface area contributed by atoms with Gasteiger partial charge in [0.1, 0.15) is 5.82 Å². The van der Waals surface area contributed by atoms with E-state index >= 15 is 0 Å². The lowest BCUT2D eigenvalue weighted by molar-refractivity contribution is -0.148. The molecule has 0 unspecified atom stereocenters. The number of carbonyl (C=O) groups is 2. The fourth-order valence-corrected chi connectivity index (χ4v) is 4.76. The quantitative estimate of drug-likeness (QED) is 0.559. The maximum atomic E-state index is 14.2. The Hall–Kier alpha value is -3.20. The van der Waals surface area contributed by atoms with Crippen molar-refractivity contribution in [2.24, 2.45) is 11.8 Å². The number of carboxylic acids is 1. The highest BCUT2D eigenvalue weighted by Gasteiger charge is 2.43. The van der Waals surface area contributed by atoms with Crippen molar-refractivity contribution in [3.8, 4) is 0 Å². The number of ether oxygens (including phenoxy) is 1. The van der Waals surface area contributed by atoms with E-state index in [1.807, 2.05) is 30.3 Å². The van der Waals surface area contributed by atoms with Gasteiger partial charge in [-0.05, 0) is 53.7 Å². The van der Waals surface area contributed by atoms with Gasteiger partial charge in [0.05, 0.1) is 36.3 Å². The molecular formula is C25H23F4NO4. The molecule has 0 spiro atoms. The van der Waals surface area contributed by atoms with Crippen LogP contribution >= 0.6 is 0 Å². The Morgan fingerprint density at radius 2 is 1.79 bits per heavy atom. The third kappa shape index (κ3) is 4.99. The Kier molecular flexibility index (Phi) is 6.74. The van der Waals surface area contributed by atoms with Gasteiger partial charge in [-0.3, -0.25) is 9.59 Å². The topological polar surface area (TPSA) is 75.6 Å². The van der Waals surface area contributed by atoms with E-state index < -0.39 is 52.9 Å². The van der Waals surface area contributed by atoms with Gasteiger partial charge in [0.2, 0.25) is 5.91 Å². The van der Waals surface area contributed by atoms with Gasteiger partial charge in [-0.2, -0.15) is 13.2 Å². The van der Waals surface area contributed by atoms with Crippen molar-refractivity contribution in [1.29, 1.82) is 0 Å². The molecule has 0 saturated heterocycles. The van der Waals surface area contributed by atoms with Crippen molar-refractivity contribution in [2.45, 2.75) is 31.4 Å². The summed E-state index contributed by atoms with van der Waals surface area (Å²) >= 11 is 0. The largest absolute Gasteiger partial charge is 0.481 e. The second-order valence-corrected chi connectivity index (χ2v) is 8.56. The van der Waals surface area contributed by atoms with Crippen LogP contribution in [0.4, 0.5) is 23.2 Å². The fraction of sp³-hybridized carbons (Fsp3) is 0.360. The first-order valence-corrected chi connectivity index (χ1v) is 10.9. The first kappa shape index (κ1) is 23.9. The second kappa shape index (κ2) is 9.58. The Labute approximate surface area is 193 Å². The Bertz CT molecular complexity index is 1110. The van der Waals surface area contributed by atoms with Crippen LogP contribution in [0.1, 0.15) is 41.9 Å². The van der Waals surface area contributed by atoms with E-state index in [0.717, 1.165) is 22.8 Å². The average molecular weight is 477 g/mol. The smallest absolute Gasteiger partial charge is 0.416 e. The maximum Gasteiger partial charge on any atom is 0.416 e. The van der Waals surface area contributed by atoms with Crippen LogP contribution in [0.2, 0.25) is 0 Å². The third-order valence-electron chi connectivity index (χ3n) is 6.49. The van der Waals surface area contributed by atoms with Crippen LogP contribution in [0.5, 0.6) is 0 Å². The highest BCUT2D eigenvalue weighted by molar-refractivity contribution is 5.95. The first-order valence-electron chi connectivity index (χ1n) is 10.9. The van der Waals surface area contributed by atoms with Crippen molar-refractivity contribution in [3.63, 3.8) is 0 Å². The molecule has 0 radical (unpaired) electrons. The zero-order valence-electron chi connectivity index (χ0n) is 18.1. The average Bonchev–Trinajstić information content (AvgIpc) is 3.34. The van der Waals surface area contributed by atoms with Gasteiger partial charge in [0.25, 0.3) is 0 Å². The highest BCUT2D eigenvalue weighted by Crippen LogP contribution is 2.42. The van der Waals surface area contributed by atoms with Crippen molar-refractivity contribution < 1.29 is 37.0 Å². The minimum atomic E-state index is -4.72. The molecule has 1 aliphatic carbocycles. The number of alkyl halides is 3. The number of amides is 1. The van der Waals surface area contributed by atoms with E-state index in [1.54, 1.807) is 0 Å². The molecule has 1 saturated carbocycles. The summed E-state index contributed by atoms with van der Waals surface area (Å²) in [4.78, 5) is 25.1. The van der Waals surface area contributed by atoms with E-state index in [4.69, 9.17) is 4.74 Å². The molecule has 0 bridgehead atoms. The van der Waals surface area contributed by atoms with E-state index in [0.29, 0.717) is 38.2 Å². The molecule has 180 valence electrons. The van der Waals surface area contributed by atoms with E-state index in [1.165, 1.54) is 0 Å². The van der Waals surface area contributed by atoms with Crippen LogP contribution in [0.3, 0.4) is 0 Å². The van der Waals surface area contributed by atoms with Crippen LogP contribution in [0, 0.1) is 17.7 Å². The highest BCUT2D eigenvalue weighted by atomic mass is 19.4. The second-order valence-electron chi connectivity index (χ2n) is 8.56. The zero-order chi connectivity index (χ0) is 24.5. The number of anilines is 1. The molecule has 2 aromatic rings. The molecule has 1 heterocycles. The minimum absolute atomic E-state index is 0.282. The van der Waals surface area contributed by atoms with Gasteiger partial charge in [-0.25, -0.2) is 4.39 Å². The SMILES string of the molecule is O=C(O)[C@@H]1[C@@H](c2ccc(C3=CCOC3)cc2)CCC[C@H]1C(=O)Nc1ccc(C(F)(F)F)cc1F. The Morgan fingerprint density at radius 3 is 2.38 bits per heavy atom. The monoisotopic (exact) mass is 477 g/mol. The van der Waals surface area contributed by atoms with Gasteiger partial charge in [0, 0.05) is 0 Å². The summed E-state index contributed by atoms with van der Waals surface area (Å²) in [5.74, 6) is -5.53. The molecule has 9 heteroatoms. The lowest BCUT2D eigenvalue weighted by Crippen LogP contribution is -2.40. The number of nitrogens with one attached hydrogen (secondary N) is 1. The molecule has 1 amide bonds. The fourth-order valence-electron chi connectivity index (χ4n) is 4.76. The number of carbonyl (C=O) groups excluding carboxylic acids is 1. The lowest BCUT2D eigenvalue weighted by Gasteiger charge is -2.35. The van der Waals surface area contributed by atoms with Crippen molar-refractivity contribution >= 4 is 23.1 Å². The minimum Gasteiger partial charge on any atom is -0.481 e. The number of rotatable bonds is 5. The molecule has 2 aromatic carbocycles. The number of aliphatic carboxylic acids is 1. The number of carboxylic acid groups (broad SMARTS) is 1. The van der Waals surface area contributed by atoms with Gasteiger partial charge < -0.3 is 15.2 Å². The molecule has 3 atom stereocenters. The normalized spacial score (nSPS) is 22.8. The predicted octanol–water partition coefficient (Wildman–Crippen LogP) is 5.48. The van der Waals surface area contributed by atoms with Crippen LogP contribution in [0.15, 0.2) is 48.5 Å². The zero-order valence-corrected chi connectivity index (χ0v) is 18.1. The molecule has 1 aliphatic heterocycles. The summed E-state index contributed by atoms with van der Waals surface area (Å²) in [5.41, 5.74) is 1.24. The standard InChI is InChI=1S/C25H23F4NO4/c26-20-12-17(25(27,28)29)8-9-21(20)30-23(31)19-3-1-2-18(22(19)24(32)33)15-6-4-14(5-7-15)16-10-11-34-13-16/h4-10,12,18-19,22H,1-3,11,13H2,(H,30,31)(H,32,33)/t18-,19-,22-/m1/s1. The van der Waals surface area contributed by atoms with Crippen molar-refractivity contribution in [3.05, 3.63) is 71.0 Å². The number of halogens is 4. The number of hydrogen-bond donors (Lipinski definition) is 2. The summed E-state index contributed by atoms with van der Waals surface area (Å²) in [5, 5.41) is 12.3. The molecule has 1 fully saturated rings. The van der Waals surface area contributed by atoms with Crippen LogP contribution in [-0.2, 0) is 20.5 Å². The summed E-state index contributed by atoms with van der Waals surface area (Å²) in [6.07, 6.45) is -1.30.